The number of rotatable bonds is 4. The van der Waals surface area contributed by atoms with Gasteiger partial charge in [-0.05, 0) is 25.2 Å². The summed E-state index contributed by atoms with van der Waals surface area (Å²) in [4.78, 5) is 11.7. The molecule has 0 bridgehead atoms. The van der Waals surface area contributed by atoms with Crippen molar-refractivity contribution in [1.82, 2.24) is 19.1 Å². The summed E-state index contributed by atoms with van der Waals surface area (Å²) < 4.78 is 28.8. The molecule has 1 saturated carbocycles. The van der Waals surface area contributed by atoms with Crippen molar-refractivity contribution in [1.29, 1.82) is 0 Å². The molecule has 0 radical (unpaired) electrons. The number of hydrogen-bond acceptors (Lipinski definition) is 5. The lowest BCUT2D eigenvalue weighted by atomic mass is 9.77. The third-order valence-electron chi connectivity index (χ3n) is 5.25. The maximum atomic E-state index is 13.0. The molecule has 0 spiro atoms. The zero-order chi connectivity index (χ0) is 17.5. The van der Waals surface area contributed by atoms with Crippen LogP contribution in [0.1, 0.15) is 50.7 Å². The van der Waals surface area contributed by atoms with Crippen LogP contribution in [0, 0.1) is 12.3 Å². The third-order valence-corrected chi connectivity index (χ3v) is 7.41. The highest BCUT2D eigenvalue weighted by Gasteiger charge is 2.43. The van der Waals surface area contributed by atoms with Crippen LogP contribution < -0.4 is 0 Å². The molecule has 1 unspecified atom stereocenters. The molecular weight excluding hydrogens is 332 g/mol. The van der Waals surface area contributed by atoms with Gasteiger partial charge in [0.05, 0.1) is 18.8 Å². The van der Waals surface area contributed by atoms with Crippen molar-refractivity contribution in [3.63, 3.8) is 0 Å². The van der Waals surface area contributed by atoms with Gasteiger partial charge in [0.25, 0.3) is 0 Å². The van der Waals surface area contributed by atoms with Gasteiger partial charge in [-0.3, -0.25) is 4.79 Å². The third kappa shape index (κ3) is 3.19. The number of carboxylic acids is 1. The van der Waals surface area contributed by atoms with E-state index in [4.69, 9.17) is 0 Å². The summed E-state index contributed by atoms with van der Waals surface area (Å²) in [6, 6.07) is -1.11. The van der Waals surface area contributed by atoms with Crippen LogP contribution in [0.5, 0.6) is 0 Å². The van der Waals surface area contributed by atoms with E-state index in [2.05, 4.69) is 10.2 Å². The van der Waals surface area contributed by atoms with Crippen molar-refractivity contribution in [2.75, 3.05) is 5.75 Å². The van der Waals surface area contributed by atoms with E-state index in [-0.39, 0.29) is 24.3 Å². The van der Waals surface area contributed by atoms with Crippen LogP contribution in [0.2, 0.25) is 0 Å². The van der Waals surface area contributed by atoms with Crippen molar-refractivity contribution in [2.24, 2.45) is 5.41 Å². The van der Waals surface area contributed by atoms with Gasteiger partial charge >= 0.3 is 5.97 Å². The largest absolute Gasteiger partial charge is 0.480 e. The first-order valence-corrected chi connectivity index (χ1v) is 9.94. The molecular formula is C15H24N4O4S. The molecule has 1 aromatic rings. The van der Waals surface area contributed by atoms with Gasteiger partial charge < -0.3 is 9.67 Å². The molecule has 24 heavy (non-hydrogen) atoms. The Balaban J connectivity index is 1.89. The van der Waals surface area contributed by atoms with Crippen molar-refractivity contribution in [2.45, 2.75) is 65.1 Å². The van der Waals surface area contributed by atoms with Gasteiger partial charge in [0.2, 0.25) is 10.0 Å². The average molecular weight is 356 g/mol. The number of aryl methyl sites for hydroxylation is 1. The van der Waals surface area contributed by atoms with E-state index >= 15 is 0 Å². The molecule has 2 heterocycles. The number of aromatic nitrogens is 3. The Hall–Kier alpha value is -1.48. The first-order chi connectivity index (χ1) is 11.2. The number of fused-ring (bicyclic) bond motifs is 1. The minimum Gasteiger partial charge on any atom is -0.480 e. The van der Waals surface area contributed by atoms with E-state index in [0.29, 0.717) is 11.6 Å². The Morgan fingerprint density at radius 3 is 2.58 bits per heavy atom. The number of sulfonamides is 1. The molecule has 0 aromatic carbocycles. The average Bonchev–Trinajstić information content (AvgIpc) is 2.86. The highest BCUT2D eigenvalue weighted by atomic mass is 32.2. The summed E-state index contributed by atoms with van der Waals surface area (Å²) in [6.07, 6.45) is 4.93. The molecule has 1 N–H and O–H groups in total. The summed E-state index contributed by atoms with van der Waals surface area (Å²) in [5.74, 6) is -0.0299. The van der Waals surface area contributed by atoms with E-state index in [0.717, 1.165) is 36.4 Å². The normalized spacial score (nSPS) is 24.5. The number of nitrogens with zero attached hydrogens (tertiary/aromatic N) is 4. The lowest BCUT2D eigenvalue weighted by Crippen LogP contribution is -2.52. The van der Waals surface area contributed by atoms with Gasteiger partial charge in [0.1, 0.15) is 17.7 Å². The zero-order valence-corrected chi connectivity index (χ0v) is 14.9. The molecule has 1 atom stereocenters. The number of aliphatic carboxylic acids is 1. The Kier molecular flexibility index (Phi) is 4.41. The van der Waals surface area contributed by atoms with E-state index in [1.54, 1.807) is 11.5 Å². The molecule has 1 fully saturated rings. The molecule has 8 nitrogen and oxygen atoms in total. The van der Waals surface area contributed by atoms with Gasteiger partial charge in [-0.1, -0.05) is 26.2 Å². The molecule has 134 valence electrons. The fourth-order valence-corrected chi connectivity index (χ4v) is 6.05. The highest BCUT2D eigenvalue weighted by molar-refractivity contribution is 7.89. The molecule has 9 heteroatoms. The zero-order valence-electron chi connectivity index (χ0n) is 14.1. The van der Waals surface area contributed by atoms with Crippen LogP contribution in [0.15, 0.2) is 0 Å². The summed E-state index contributed by atoms with van der Waals surface area (Å²) in [7, 11) is -3.70. The molecule has 3 rings (SSSR count). The van der Waals surface area contributed by atoms with Crippen LogP contribution in [0.3, 0.4) is 0 Å². The smallest absolute Gasteiger partial charge is 0.323 e. The SMILES string of the molecule is Cc1nnc2n1CC(C(=O)O)N(S(=O)(=O)CC1(C)CCCCC1)C2. The second-order valence-electron chi connectivity index (χ2n) is 7.30. The van der Waals surface area contributed by atoms with E-state index in [1.165, 1.54) is 0 Å². The van der Waals surface area contributed by atoms with Crippen LogP contribution in [-0.4, -0.2) is 50.4 Å². The Labute approximate surface area is 141 Å². The lowest BCUT2D eigenvalue weighted by Gasteiger charge is -2.38. The summed E-state index contributed by atoms with van der Waals surface area (Å²) >= 11 is 0. The predicted octanol–water partition coefficient (Wildman–Crippen LogP) is 1.16. The van der Waals surface area contributed by atoms with Crippen molar-refractivity contribution in [3.05, 3.63) is 11.6 Å². The van der Waals surface area contributed by atoms with E-state index < -0.39 is 22.0 Å². The van der Waals surface area contributed by atoms with Crippen molar-refractivity contribution < 1.29 is 18.3 Å². The number of carboxylic acid groups (broad SMARTS) is 1. The summed E-state index contributed by atoms with van der Waals surface area (Å²) in [6.45, 7) is 3.76. The first kappa shape index (κ1) is 17.3. The fourth-order valence-electron chi connectivity index (χ4n) is 3.86. The maximum Gasteiger partial charge on any atom is 0.323 e. The van der Waals surface area contributed by atoms with Gasteiger partial charge in [-0.15, -0.1) is 10.2 Å². The van der Waals surface area contributed by atoms with E-state index in [9.17, 15) is 18.3 Å². The quantitative estimate of drug-likeness (QED) is 0.868. The topological polar surface area (TPSA) is 105 Å². The maximum absolute atomic E-state index is 13.0. The minimum absolute atomic E-state index is 0.00308. The molecule has 1 aliphatic carbocycles. The highest BCUT2D eigenvalue weighted by Crippen LogP contribution is 2.38. The standard InChI is InChI=1S/C15H24N4O4S/c1-11-16-17-13-9-19(12(14(20)21)8-18(11)13)24(22,23)10-15(2)6-4-3-5-7-15/h12H,3-10H2,1-2H3,(H,20,21). The van der Waals surface area contributed by atoms with Gasteiger partial charge in [0.15, 0.2) is 0 Å². The molecule has 1 aromatic heterocycles. The second-order valence-corrected chi connectivity index (χ2v) is 9.22. The molecule has 0 amide bonds. The molecule has 2 aliphatic rings. The Morgan fingerprint density at radius 2 is 1.96 bits per heavy atom. The Bertz CT molecular complexity index is 737. The first-order valence-electron chi connectivity index (χ1n) is 8.33. The lowest BCUT2D eigenvalue weighted by molar-refractivity contribution is -0.142. The monoisotopic (exact) mass is 356 g/mol. The van der Waals surface area contributed by atoms with Gasteiger partial charge in [0, 0.05) is 0 Å². The van der Waals surface area contributed by atoms with Crippen LogP contribution in [-0.2, 0) is 27.9 Å². The van der Waals surface area contributed by atoms with Crippen LogP contribution in [0.4, 0.5) is 0 Å². The van der Waals surface area contributed by atoms with Crippen LogP contribution >= 0.6 is 0 Å². The minimum atomic E-state index is -3.70. The molecule has 0 saturated heterocycles. The number of carbonyl (C=O) groups is 1. The second kappa shape index (κ2) is 6.11. The molecule has 1 aliphatic heterocycles. The van der Waals surface area contributed by atoms with Crippen molar-refractivity contribution >= 4 is 16.0 Å². The van der Waals surface area contributed by atoms with E-state index in [1.807, 2.05) is 6.92 Å². The summed E-state index contributed by atoms with van der Waals surface area (Å²) in [5, 5.41) is 17.5. The van der Waals surface area contributed by atoms with Crippen LogP contribution in [0.25, 0.3) is 0 Å². The number of hydrogen-bond donors (Lipinski definition) is 1. The fraction of sp³-hybridized carbons (Fsp3) is 0.800. The predicted molar refractivity (Wildman–Crippen MR) is 86.7 cm³/mol. The Morgan fingerprint density at radius 1 is 1.29 bits per heavy atom. The van der Waals surface area contributed by atoms with Gasteiger partial charge in [-0.2, -0.15) is 4.31 Å². The summed E-state index contributed by atoms with van der Waals surface area (Å²) in [5.41, 5.74) is -0.277. The van der Waals surface area contributed by atoms with Crippen molar-refractivity contribution in [3.8, 4) is 0 Å². The van der Waals surface area contributed by atoms with Gasteiger partial charge in [-0.25, -0.2) is 8.42 Å².